The zero-order valence-corrected chi connectivity index (χ0v) is 15.3. The molecule has 0 fully saturated rings. The van der Waals surface area contributed by atoms with Gasteiger partial charge in [0.2, 0.25) is 10.0 Å². The molecular weight excluding hydrogens is 374 g/mol. The van der Waals surface area contributed by atoms with Crippen LogP contribution >= 0.6 is 11.3 Å². The molecule has 2 N–H and O–H groups in total. The van der Waals surface area contributed by atoms with E-state index in [1.54, 1.807) is 30.3 Å². The fourth-order valence-corrected chi connectivity index (χ4v) is 4.91. The summed E-state index contributed by atoms with van der Waals surface area (Å²) in [5.41, 5.74) is -0.144. The molecule has 1 aliphatic rings. The zero-order chi connectivity index (χ0) is 18.2. The van der Waals surface area contributed by atoms with E-state index in [-0.39, 0.29) is 11.4 Å². The van der Waals surface area contributed by atoms with Crippen LogP contribution in [0.3, 0.4) is 0 Å². The highest BCUT2D eigenvalue weighted by Gasteiger charge is 2.35. The largest absolute Gasteiger partial charge is 0.493 e. The third kappa shape index (κ3) is 3.05. The average Bonchev–Trinajstić information content (AvgIpc) is 3.41. The summed E-state index contributed by atoms with van der Waals surface area (Å²) in [5.74, 6) is 0.720. The van der Waals surface area contributed by atoms with Crippen LogP contribution in [0.1, 0.15) is 16.0 Å². The lowest BCUT2D eigenvalue weighted by atomic mass is 9.95. The average molecular weight is 391 g/mol. The molecule has 2 aromatic heterocycles. The number of sulfonamides is 1. The van der Waals surface area contributed by atoms with Gasteiger partial charge in [0, 0.05) is 23.4 Å². The number of ether oxygens (including phenoxy) is 1. The Balaban J connectivity index is 1.61. The summed E-state index contributed by atoms with van der Waals surface area (Å²) < 4.78 is 38.5. The SMILES string of the molecule is O=S(=O)(NCC(O)(c1ccoc1)c1cccs1)c1ccc2c(c1)CCO2. The number of hydrogen-bond donors (Lipinski definition) is 2. The first-order chi connectivity index (χ1) is 12.5. The van der Waals surface area contributed by atoms with Gasteiger partial charge in [-0.2, -0.15) is 0 Å². The van der Waals surface area contributed by atoms with Gasteiger partial charge in [-0.3, -0.25) is 0 Å². The van der Waals surface area contributed by atoms with Crippen molar-refractivity contribution < 1.29 is 22.7 Å². The second kappa shape index (κ2) is 6.55. The van der Waals surface area contributed by atoms with Crippen molar-refractivity contribution in [3.8, 4) is 5.75 Å². The first-order valence-corrected chi connectivity index (χ1v) is 10.4. The minimum atomic E-state index is -3.79. The highest BCUT2D eigenvalue weighted by Crippen LogP contribution is 2.33. The molecule has 0 radical (unpaired) electrons. The summed E-state index contributed by atoms with van der Waals surface area (Å²) in [6, 6.07) is 9.99. The van der Waals surface area contributed by atoms with Crippen LogP contribution in [0.15, 0.2) is 63.6 Å². The molecule has 0 bridgehead atoms. The van der Waals surface area contributed by atoms with Crippen molar-refractivity contribution in [2.75, 3.05) is 13.2 Å². The van der Waals surface area contributed by atoms with E-state index in [1.807, 2.05) is 5.38 Å². The molecule has 4 rings (SSSR count). The number of thiophene rings is 1. The maximum atomic E-state index is 12.7. The molecule has 3 heterocycles. The number of nitrogens with one attached hydrogen (secondary N) is 1. The van der Waals surface area contributed by atoms with Crippen molar-refractivity contribution in [1.82, 2.24) is 4.72 Å². The van der Waals surface area contributed by atoms with Gasteiger partial charge in [0.25, 0.3) is 0 Å². The number of hydrogen-bond acceptors (Lipinski definition) is 6. The fraction of sp³-hybridized carbons (Fsp3) is 0.222. The minimum Gasteiger partial charge on any atom is -0.493 e. The lowest BCUT2D eigenvalue weighted by molar-refractivity contribution is 0.0892. The monoisotopic (exact) mass is 391 g/mol. The van der Waals surface area contributed by atoms with E-state index in [0.717, 1.165) is 11.3 Å². The van der Waals surface area contributed by atoms with Crippen LogP contribution in [0.2, 0.25) is 0 Å². The smallest absolute Gasteiger partial charge is 0.240 e. The minimum absolute atomic E-state index is 0.155. The third-order valence-electron chi connectivity index (χ3n) is 4.42. The Morgan fingerprint density at radius 1 is 1.27 bits per heavy atom. The summed E-state index contributed by atoms with van der Waals surface area (Å²) in [4.78, 5) is 0.784. The van der Waals surface area contributed by atoms with Crippen LogP contribution in [0.4, 0.5) is 0 Å². The Kier molecular flexibility index (Phi) is 4.36. The Morgan fingerprint density at radius 3 is 2.88 bits per heavy atom. The van der Waals surface area contributed by atoms with Crippen LogP contribution in [0, 0.1) is 0 Å². The highest BCUT2D eigenvalue weighted by molar-refractivity contribution is 7.89. The van der Waals surface area contributed by atoms with Crippen LogP contribution in [0.25, 0.3) is 0 Å². The highest BCUT2D eigenvalue weighted by atomic mass is 32.2. The number of rotatable bonds is 6. The Labute approximate surface area is 155 Å². The molecule has 0 saturated heterocycles. The molecule has 0 spiro atoms. The van der Waals surface area contributed by atoms with E-state index in [9.17, 15) is 13.5 Å². The number of benzene rings is 1. The predicted octanol–water partition coefficient (Wildman–Crippen LogP) is 2.49. The molecule has 6 nitrogen and oxygen atoms in total. The second-order valence-electron chi connectivity index (χ2n) is 6.04. The molecule has 0 saturated carbocycles. The van der Waals surface area contributed by atoms with Crippen LogP contribution in [-0.2, 0) is 22.0 Å². The van der Waals surface area contributed by atoms with Gasteiger partial charge in [-0.15, -0.1) is 11.3 Å². The standard InChI is InChI=1S/C18H17NO5S2/c20-18(14-6-7-23-11-14,17-2-1-9-25-17)12-19-26(21,22)15-3-4-16-13(10-15)5-8-24-16/h1-4,6-7,9-11,19-20H,5,8,12H2. The number of furan rings is 1. The van der Waals surface area contributed by atoms with Gasteiger partial charge in [0.05, 0.1) is 24.0 Å². The van der Waals surface area contributed by atoms with Crippen LogP contribution in [-0.4, -0.2) is 26.7 Å². The Bertz CT molecular complexity index is 960. The van der Waals surface area contributed by atoms with E-state index >= 15 is 0 Å². The summed E-state index contributed by atoms with van der Waals surface area (Å²) in [7, 11) is -3.79. The van der Waals surface area contributed by atoms with Crippen LogP contribution < -0.4 is 9.46 Å². The van der Waals surface area contributed by atoms with E-state index in [4.69, 9.17) is 9.15 Å². The molecule has 136 valence electrons. The summed E-state index contributed by atoms with van der Waals surface area (Å²) in [6.45, 7) is 0.355. The number of fused-ring (bicyclic) bond motifs is 1. The van der Waals surface area contributed by atoms with Gasteiger partial charge >= 0.3 is 0 Å². The summed E-state index contributed by atoms with van der Waals surface area (Å²) in [5, 5.41) is 13.0. The van der Waals surface area contributed by atoms with Gasteiger partial charge < -0.3 is 14.3 Å². The van der Waals surface area contributed by atoms with Crippen molar-refractivity contribution in [2.45, 2.75) is 16.9 Å². The van der Waals surface area contributed by atoms with Crippen molar-refractivity contribution in [1.29, 1.82) is 0 Å². The van der Waals surface area contributed by atoms with Gasteiger partial charge in [-0.05, 0) is 41.3 Å². The maximum absolute atomic E-state index is 12.7. The molecular formula is C18H17NO5S2. The summed E-state index contributed by atoms with van der Waals surface area (Å²) >= 11 is 1.35. The quantitative estimate of drug-likeness (QED) is 0.674. The van der Waals surface area contributed by atoms with Gasteiger partial charge in [-0.25, -0.2) is 13.1 Å². The Morgan fingerprint density at radius 2 is 2.15 bits per heavy atom. The molecule has 3 aromatic rings. The van der Waals surface area contributed by atoms with E-state index in [0.29, 0.717) is 23.5 Å². The van der Waals surface area contributed by atoms with E-state index in [2.05, 4.69) is 4.72 Å². The zero-order valence-electron chi connectivity index (χ0n) is 13.7. The first-order valence-electron chi connectivity index (χ1n) is 8.03. The van der Waals surface area contributed by atoms with E-state index < -0.39 is 15.6 Å². The van der Waals surface area contributed by atoms with Crippen molar-refractivity contribution in [2.24, 2.45) is 0 Å². The normalized spacial score (nSPS) is 16.0. The molecule has 0 amide bonds. The Hall–Kier alpha value is -2.13. The molecule has 1 unspecified atom stereocenters. The fourth-order valence-electron chi connectivity index (χ4n) is 2.96. The van der Waals surface area contributed by atoms with Crippen LogP contribution in [0.5, 0.6) is 5.75 Å². The van der Waals surface area contributed by atoms with Crippen molar-refractivity contribution >= 4 is 21.4 Å². The van der Waals surface area contributed by atoms with Crippen molar-refractivity contribution in [3.63, 3.8) is 0 Å². The third-order valence-corrected chi connectivity index (χ3v) is 6.84. The first kappa shape index (κ1) is 17.3. The molecule has 0 aliphatic carbocycles. The lowest BCUT2D eigenvalue weighted by Gasteiger charge is -2.26. The lowest BCUT2D eigenvalue weighted by Crippen LogP contribution is -2.40. The molecule has 1 aromatic carbocycles. The number of aliphatic hydroxyl groups is 1. The second-order valence-corrected chi connectivity index (χ2v) is 8.76. The van der Waals surface area contributed by atoms with Gasteiger partial charge in [0.15, 0.2) is 0 Å². The summed E-state index contributed by atoms with van der Waals surface area (Å²) in [6.07, 6.45) is 3.55. The molecule has 8 heteroatoms. The van der Waals surface area contributed by atoms with Gasteiger partial charge in [0.1, 0.15) is 11.4 Å². The topological polar surface area (TPSA) is 88.8 Å². The maximum Gasteiger partial charge on any atom is 0.240 e. The molecule has 26 heavy (non-hydrogen) atoms. The van der Waals surface area contributed by atoms with Gasteiger partial charge in [-0.1, -0.05) is 6.07 Å². The molecule has 1 aliphatic heterocycles. The van der Waals surface area contributed by atoms with E-state index in [1.165, 1.54) is 29.9 Å². The van der Waals surface area contributed by atoms with Crippen molar-refractivity contribution in [3.05, 3.63) is 70.3 Å². The predicted molar refractivity (Wildman–Crippen MR) is 96.9 cm³/mol. The molecule has 1 atom stereocenters.